The van der Waals surface area contributed by atoms with Crippen molar-refractivity contribution in [2.45, 2.75) is 18.9 Å². The first-order chi connectivity index (χ1) is 12.0. The summed E-state index contributed by atoms with van der Waals surface area (Å²) >= 11 is 3.23. The van der Waals surface area contributed by atoms with E-state index in [0.717, 1.165) is 13.1 Å². The molecule has 1 saturated heterocycles. The maximum atomic E-state index is 12.3. The molecular weight excluding hydrogens is 382 g/mol. The molecule has 1 aromatic heterocycles. The summed E-state index contributed by atoms with van der Waals surface area (Å²) in [7, 11) is 4.08. The summed E-state index contributed by atoms with van der Waals surface area (Å²) in [5, 5.41) is 3.04. The molecule has 1 fully saturated rings. The van der Waals surface area contributed by atoms with Crippen LogP contribution in [0.5, 0.6) is 0 Å². The van der Waals surface area contributed by atoms with Gasteiger partial charge in [0.2, 0.25) is 0 Å². The number of hydrogen-bond acceptors (Lipinski definition) is 3. The number of furan rings is 1. The van der Waals surface area contributed by atoms with Gasteiger partial charge < -0.3 is 19.5 Å². The molecule has 25 heavy (non-hydrogen) atoms. The van der Waals surface area contributed by atoms with Gasteiger partial charge in [0.1, 0.15) is 6.04 Å². The Kier molecular flexibility index (Phi) is 5.81. The van der Waals surface area contributed by atoms with Crippen molar-refractivity contribution < 1.29 is 14.1 Å². The number of benzene rings is 1. The number of rotatable bonds is 6. The van der Waals surface area contributed by atoms with Crippen LogP contribution in [0.25, 0.3) is 0 Å². The molecule has 0 saturated carbocycles. The van der Waals surface area contributed by atoms with Crippen molar-refractivity contribution in [1.82, 2.24) is 5.32 Å². The zero-order valence-electron chi connectivity index (χ0n) is 14.7. The van der Waals surface area contributed by atoms with Gasteiger partial charge in [0.25, 0.3) is 5.91 Å². The van der Waals surface area contributed by atoms with Crippen molar-refractivity contribution in [3.8, 4) is 0 Å². The molecule has 6 heteroatoms. The molecule has 1 aliphatic heterocycles. The van der Waals surface area contributed by atoms with E-state index in [4.69, 9.17) is 4.42 Å². The van der Waals surface area contributed by atoms with E-state index in [2.05, 4.69) is 50.4 Å². The summed E-state index contributed by atoms with van der Waals surface area (Å²) in [5.41, 5.74) is 2.45. The van der Waals surface area contributed by atoms with Gasteiger partial charge in [-0.25, -0.2) is 0 Å². The lowest BCUT2D eigenvalue weighted by molar-refractivity contribution is -0.918. The minimum absolute atomic E-state index is 0.167. The lowest BCUT2D eigenvalue weighted by Gasteiger charge is -2.25. The number of likely N-dealkylation sites (tertiary alicyclic amines) is 1. The Morgan fingerprint density at radius 1 is 1.20 bits per heavy atom. The van der Waals surface area contributed by atoms with E-state index in [9.17, 15) is 4.79 Å². The van der Waals surface area contributed by atoms with E-state index in [1.54, 1.807) is 17.0 Å². The molecule has 2 N–H and O–H groups in total. The Balaban J connectivity index is 1.72. The predicted molar refractivity (Wildman–Crippen MR) is 102 cm³/mol. The number of nitrogens with one attached hydrogen (secondary N) is 2. The fourth-order valence-corrected chi connectivity index (χ4v) is 3.71. The summed E-state index contributed by atoms with van der Waals surface area (Å²) < 4.78 is 5.91. The van der Waals surface area contributed by atoms with E-state index in [1.807, 2.05) is 14.1 Å². The average molecular weight is 407 g/mol. The van der Waals surface area contributed by atoms with Crippen LogP contribution >= 0.6 is 15.9 Å². The van der Waals surface area contributed by atoms with Crippen LogP contribution in [0.4, 0.5) is 5.69 Å². The Morgan fingerprint density at radius 2 is 1.88 bits per heavy atom. The van der Waals surface area contributed by atoms with Crippen molar-refractivity contribution in [3.63, 3.8) is 0 Å². The lowest BCUT2D eigenvalue weighted by Crippen LogP contribution is -3.11. The Morgan fingerprint density at radius 3 is 2.44 bits per heavy atom. The van der Waals surface area contributed by atoms with Crippen LogP contribution in [0.3, 0.4) is 0 Å². The maximum Gasteiger partial charge on any atom is 0.287 e. The lowest BCUT2D eigenvalue weighted by atomic mass is 10.0. The second-order valence-corrected chi connectivity index (χ2v) is 7.50. The van der Waals surface area contributed by atoms with Gasteiger partial charge in [-0.15, -0.1) is 0 Å². The van der Waals surface area contributed by atoms with Gasteiger partial charge in [-0.1, -0.05) is 12.1 Å². The highest BCUT2D eigenvalue weighted by Gasteiger charge is 2.28. The second-order valence-electron chi connectivity index (χ2n) is 6.72. The van der Waals surface area contributed by atoms with Crippen molar-refractivity contribution in [2.75, 3.05) is 38.6 Å². The number of carbonyl (C=O) groups excluding carboxylic acids is 1. The Bertz CT molecular complexity index is 706. The van der Waals surface area contributed by atoms with Crippen LogP contribution < -0.4 is 15.1 Å². The molecule has 0 unspecified atom stereocenters. The highest BCUT2D eigenvalue weighted by atomic mass is 79.9. The minimum Gasteiger partial charge on any atom is -0.444 e. The summed E-state index contributed by atoms with van der Waals surface area (Å²) in [6.45, 7) is 2.92. The zero-order chi connectivity index (χ0) is 17.8. The smallest absolute Gasteiger partial charge is 0.287 e. The van der Waals surface area contributed by atoms with Crippen LogP contribution in [-0.4, -0.2) is 39.6 Å². The molecule has 0 spiro atoms. The number of amides is 1. The molecule has 0 aliphatic carbocycles. The zero-order valence-corrected chi connectivity index (χ0v) is 16.3. The quantitative estimate of drug-likeness (QED) is 0.773. The number of carbonyl (C=O) groups is 1. The highest BCUT2D eigenvalue weighted by molar-refractivity contribution is 9.10. The molecule has 0 radical (unpaired) electrons. The average Bonchev–Trinajstić information content (AvgIpc) is 3.27. The van der Waals surface area contributed by atoms with Gasteiger partial charge in [0.15, 0.2) is 10.4 Å². The number of hydrogen-bond donors (Lipinski definition) is 2. The highest BCUT2D eigenvalue weighted by Crippen LogP contribution is 2.18. The number of halogens is 1. The number of anilines is 1. The summed E-state index contributed by atoms with van der Waals surface area (Å²) in [5.74, 6) is 0.171. The predicted octanol–water partition coefficient (Wildman–Crippen LogP) is 2.26. The first-order valence-corrected chi connectivity index (χ1v) is 9.49. The first-order valence-electron chi connectivity index (χ1n) is 8.70. The van der Waals surface area contributed by atoms with Crippen LogP contribution in [0.15, 0.2) is 45.5 Å². The fraction of sp³-hybridized carbons (Fsp3) is 0.421. The summed E-state index contributed by atoms with van der Waals surface area (Å²) in [6.07, 6.45) is 2.50. The largest absolute Gasteiger partial charge is 0.444 e. The van der Waals surface area contributed by atoms with E-state index in [0.29, 0.717) is 17.0 Å². The number of nitrogens with zero attached hydrogens (tertiary/aromatic N) is 1. The standard InChI is InChI=1S/C19H24BrN3O2/c1-22(2)15-7-5-14(6-8-15)16(23-11-3-4-12-23)13-21-19(24)17-9-10-18(20)25-17/h5-10,16H,3-4,11-13H2,1-2H3,(H,21,24)/p+1/t16-/m1/s1. The summed E-state index contributed by atoms with van der Waals surface area (Å²) in [6, 6.07) is 12.3. The third-order valence-corrected chi connectivity index (χ3v) is 5.24. The monoisotopic (exact) mass is 406 g/mol. The van der Waals surface area contributed by atoms with Gasteiger partial charge in [-0.05, 0) is 40.2 Å². The molecule has 0 bridgehead atoms. The Labute approximate surface area is 157 Å². The number of quaternary nitrogens is 1. The third-order valence-electron chi connectivity index (χ3n) is 4.81. The van der Waals surface area contributed by atoms with Crippen LogP contribution in [-0.2, 0) is 0 Å². The van der Waals surface area contributed by atoms with E-state index in [1.165, 1.54) is 24.1 Å². The van der Waals surface area contributed by atoms with Crippen LogP contribution in [0.1, 0.15) is 35.0 Å². The normalized spacial score (nSPS) is 16.0. The van der Waals surface area contributed by atoms with E-state index >= 15 is 0 Å². The molecule has 1 aliphatic rings. The molecule has 2 aromatic rings. The molecule has 2 heterocycles. The molecular formula is C19H25BrN3O2+. The van der Waals surface area contributed by atoms with E-state index in [-0.39, 0.29) is 11.9 Å². The molecule has 1 atom stereocenters. The molecule has 3 rings (SSSR count). The molecule has 5 nitrogen and oxygen atoms in total. The topological polar surface area (TPSA) is 49.9 Å². The van der Waals surface area contributed by atoms with Gasteiger partial charge in [0, 0.05) is 38.2 Å². The minimum atomic E-state index is -0.167. The molecule has 1 amide bonds. The van der Waals surface area contributed by atoms with Gasteiger partial charge in [0.05, 0.1) is 19.6 Å². The second kappa shape index (κ2) is 8.06. The fourth-order valence-electron chi connectivity index (χ4n) is 3.40. The summed E-state index contributed by atoms with van der Waals surface area (Å²) in [4.78, 5) is 15.9. The molecule has 1 aromatic carbocycles. The van der Waals surface area contributed by atoms with Gasteiger partial charge in [-0.3, -0.25) is 4.79 Å². The van der Waals surface area contributed by atoms with Crippen molar-refractivity contribution >= 4 is 27.5 Å². The van der Waals surface area contributed by atoms with E-state index < -0.39 is 0 Å². The SMILES string of the molecule is CN(C)c1ccc([C@@H](CNC(=O)c2ccc(Br)o2)[NH+]2CCCC2)cc1. The van der Waals surface area contributed by atoms with Crippen molar-refractivity contribution in [3.05, 3.63) is 52.4 Å². The maximum absolute atomic E-state index is 12.3. The van der Waals surface area contributed by atoms with Crippen LogP contribution in [0, 0.1) is 0 Å². The molecule has 134 valence electrons. The van der Waals surface area contributed by atoms with Gasteiger partial charge in [-0.2, -0.15) is 0 Å². The van der Waals surface area contributed by atoms with Gasteiger partial charge >= 0.3 is 0 Å². The Hall–Kier alpha value is -1.79. The van der Waals surface area contributed by atoms with Crippen molar-refractivity contribution in [1.29, 1.82) is 0 Å². The van der Waals surface area contributed by atoms with Crippen molar-refractivity contribution in [2.24, 2.45) is 0 Å². The third kappa shape index (κ3) is 4.44. The first kappa shape index (κ1) is 18.0. The van der Waals surface area contributed by atoms with Crippen LogP contribution in [0.2, 0.25) is 0 Å².